The Hall–Kier alpha value is -2.35. The first-order chi connectivity index (χ1) is 14.2. The summed E-state index contributed by atoms with van der Waals surface area (Å²) in [6.07, 6.45) is 6.07. The van der Waals surface area contributed by atoms with Gasteiger partial charge in [0.25, 0.3) is 5.69 Å². The highest BCUT2D eigenvalue weighted by Crippen LogP contribution is 2.43. The van der Waals surface area contributed by atoms with E-state index in [1.54, 1.807) is 22.9 Å². The van der Waals surface area contributed by atoms with Crippen molar-refractivity contribution in [2.24, 2.45) is 5.92 Å². The second-order valence-electron chi connectivity index (χ2n) is 8.79. The Morgan fingerprint density at radius 2 is 1.97 bits per heavy atom. The van der Waals surface area contributed by atoms with Gasteiger partial charge in [0, 0.05) is 12.5 Å². The van der Waals surface area contributed by atoms with Gasteiger partial charge in [0.15, 0.2) is 0 Å². The summed E-state index contributed by atoms with van der Waals surface area (Å²) in [4.78, 5) is 24.8. The molecular formula is C22H29N3O4S. The number of aryl methyl sites for hydroxylation is 1. The molecule has 0 radical (unpaired) electrons. The van der Waals surface area contributed by atoms with Crippen LogP contribution in [0.15, 0.2) is 34.1 Å². The minimum Gasteiger partial charge on any atom is -0.406 e. The zero-order valence-electron chi connectivity index (χ0n) is 18.0. The van der Waals surface area contributed by atoms with Gasteiger partial charge in [-0.15, -0.1) is 0 Å². The topological polar surface area (TPSA) is 87.3 Å². The van der Waals surface area contributed by atoms with Crippen molar-refractivity contribution in [3.05, 3.63) is 40.1 Å². The summed E-state index contributed by atoms with van der Waals surface area (Å²) in [5, 5.41) is 16.0. The van der Waals surface area contributed by atoms with E-state index in [-0.39, 0.29) is 11.7 Å². The fourth-order valence-corrected chi connectivity index (χ4v) is 4.76. The maximum absolute atomic E-state index is 12.7. The highest BCUT2D eigenvalue weighted by atomic mass is 32.2. The van der Waals surface area contributed by atoms with E-state index in [9.17, 15) is 14.9 Å². The van der Waals surface area contributed by atoms with Crippen LogP contribution in [-0.4, -0.2) is 20.7 Å². The minimum atomic E-state index is -0.409. The third-order valence-corrected chi connectivity index (χ3v) is 6.56. The van der Waals surface area contributed by atoms with E-state index in [1.807, 2.05) is 27.7 Å². The number of carbonyl (C=O) groups is 1. The molecule has 1 aromatic carbocycles. The number of ether oxygens (including phenoxy) is 1. The number of carbonyl (C=O) groups excluding carboxylic acids is 1. The number of benzene rings is 1. The molecule has 0 aliphatic heterocycles. The molecule has 8 heteroatoms. The van der Waals surface area contributed by atoms with Gasteiger partial charge in [-0.25, -0.2) is 4.68 Å². The summed E-state index contributed by atoms with van der Waals surface area (Å²) in [7, 11) is 0. The first kappa shape index (κ1) is 22.3. The number of rotatable bonds is 7. The van der Waals surface area contributed by atoms with E-state index >= 15 is 0 Å². The van der Waals surface area contributed by atoms with Crippen LogP contribution in [0.1, 0.15) is 65.0 Å². The number of nitrogens with zero attached hydrogens (tertiary/aromatic N) is 3. The first-order valence-corrected chi connectivity index (χ1v) is 11.2. The predicted molar refractivity (Wildman–Crippen MR) is 116 cm³/mol. The van der Waals surface area contributed by atoms with Crippen molar-refractivity contribution in [2.75, 3.05) is 0 Å². The van der Waals surface area contributed by atoms with Gasteiger partial charge in [0.05, 0.1) is 25.9 Å². The van der Waals surface area contributed by atoms with E-state index in [1.165, 1.54) is 43.5 Å². The van der Waals surface area contributed by atoms with Crippen LogP contribution in [0, 0.1) is 23.0 Å². The van der Waals surface area contributed by atoms with Crippen LogP contribution >= 0.6 is 11.8 Å². The molecular weight excluding hydrogens is 402 g/mol. The Balaban J connectivity index is 1.88. The van der Waals surface area contributed by atoms with Gasteiger partial charge in [-0.3, -0.25) is 14.9 Å². The average Bonchev–Trinajstić information content (AvgIpc) is 3.30. The zero-order chi connectivity index (χ0) is 21.9. The molecule has 1 heterocycles. The van der Waals surface area contributed by atoms with Gasteiger partial charge in [0.2, 0.25) is 5.88 Å². The van der Waals surface area contributed by atoms with Gasteiger partial charge in [-0.2, -0.15) is 5.10 Å². The molecule has 1 saturated carbocycles. The van der Waals surface area contributed by atoms with E-state index in [0.29, 0.717) is 33.7 Å². The summed E-state index contributed by atoms with van der Waals surface area (Å²) in [5.74, 6) is 0.684. The molecule has 3 rings (SSSR count). The van der Waals surface area contributed by atoms with Crippen molar-refractivity contribution in [1.82, 2.24) is 9.78 Å². The number of esters is 1. The van der Waals surface area contributed by atoms with E-state index in [4.69, 9.17) is 4.74 Å². The van der Waals surface area contributed by atoms with Crippen LogP contribution in [0.3, 0.4) is 0 Å². The molecule has 0 atom stereocenters. The first-order valence-electron chi connectivity index (χ1n) is 10.4. The summed E-state index contributed by atoms with van der Waals surface area (Å²) in [6, 6.07) is 6.56. The number of hydrogen-bond donors (Lipinski definition) is 0. The van der Waals surface area contributed by atoms with Crippen LogP contribution in [0.4, 0.5) is 5.69 Å². The van der Waals surface area contributed by atoms with Crippen LogP contribution in [0.2, 0.25) is 0 Å². The maximum atomic E-state index is 12.7. The molecule has 0 bridgehead atoms. The van der Waals surface area contributed by atoms with Crippen LogP contribution in [0.25, 0.3) is 0 Å². The molecule has 0 amide bonds. The molecule has 1 aliphatic carbocycles. The molecule has 1 aromatic heterocycles. The smallest absolute Gasteiger partial charge is 0.312 e. The molecule has 0 spiro atoms. The van der Waals surface area contributed by atoms with Crippen LogP contribution < -0.4 is 4.74 Å². The third-order valence-electron chi connectivity index (χ3n) is 5.32. The SMILES string of the molecule is Cc1nn(C(C)(C)C)c(OC(=O)CCC2CCCC2)c1Sc1ccccc1[N+](=O)[O-]. The summed E-state index contributed by atoms with van der Waals surface area (Å²) in [6.45, 7) is 7.77. The average molecular weight is 432 g/mol. The lowest BCUT2D eigenvalue weighted by Crippen LogP contribution is -2.25. The predicted octanol–water partition coefficient (Wildman–Crippen LogP) is 5.88. The third kappa shape index (κ3) is 5.22. The molecule has 0 saturated heterocycles. The van der Waals surface area contributed by atoms with Gasteiger partial charge < -0.3 is 4.74 Å². The lowest BCUT2D eigenvalue weighted by molar-refractivity contribution is -0.387. The van der Waals surface area contributed by atoms with E-state index in [0.717, 1.165) is 6.42 Å². The minimum absolute atomic E-state index is 0.0175. The number of nitro groups is 1. The zero-order valence-corrected chi connectivity index (χ0v) is 18.8. The molecule has 2 aromatic rings. The normalized spacial score (nSPS) is 14.8. The van der Waals surface area contributed by atoms with Crippen LogP contribution in [0.5, 0.6) is 5.88 Å². The van der Waals surface area contributed by atoms with Gasteiger partial charge >= 0.3 is 5.97 Å². The quantitative estimate of drug-likeness (QED) is 0.309. The Bertz CT molecular complexity index is 927. The molecule has 162 valence electrons. The second-order valence-corrected chi connectivity index (χ2v) is 9.84. The standard InChI is InChI=1S/C22H29N3O4S/c1-15-20(30-18-12-8-7-11-17(18)25(27)28)21(24(23-15)22(2,3)4)29-19(26)14-13-16-9-5-6-10-16/h7-8,11-12,16H,5-6,9-10,13-14H2,1-4H3. The Kier molecular flexibility index (Phi) is 6.85. The molecule has 1 aliphatic rings. The van der Waals surface area contributed by atoms with Crippen molar-refractivity contribution in [1.29, 1.82) is 0 Å². The molecule has 0 N–H and O–H groups in total. The number of para-hydroxylation sites is 1. The lowest BCUT2D eigenvalue weighted by Gasteiger charge is -2.22. The van der Waals surface area contributed by atoms with Crippen molar-refractivity contribution in [2.45, 2.75) is 81.5 Å². The molecule has 0 unspecified atom stereocenters. The highest BCUT2D eigenvalue weighted by molar-refractivity contribution is 7.99. The van der Waals surface area contributed by atoms with Crippen molar-refractivity contribution in [3.8, 4) is 5.88 Å². The van der Waals surface area contributed by atoms with Gasteiger partial charge in [0.1, 0.15) is 0 Å². The fourth-order valence-electron chi connectivity index (χ4n) is 3.74. The largest absolute Gasteiger partial charge is 0.406 e. The van der Waals surface area contributed by atoms with E-state index in [2.05, 4.69) is 5.10 Å². The van der Waals surface area contributed by atoms with E-state index < -0.39 is 10.5 Å². The van der Waals surface area contributed by atoms with Gasteiger partial charge in [-0.1, -0.05) is 49.6 Å². The Morgan fingerprint density at radius 1 is 1.30 bits per heavy atom. The second kappa shape index (κ2) is 9.20. The van der Waals surface area contributed by atoms with Crippen molar-refractivity contribution < 1.29 is 14.5 Å². The lowest BCUT2D eigenvalue weighted by atomic mass is 10.0. The van der Waals surface area contributed by atoms with Crippen LogP contribution in [-0.2, 0) is 10.3 Å². The summed E-state index contributed by atoms with van der Waals surface area (Å²) < 4.78 is 7.53. The molecule has 7 nitrogen and oxygen atoms in total. The molecule has 1 fully saturated rings. The number of hydrogen-bond acceptors (Lipinski definition) is 6. The van der Waals surface area contributed by atoms with Crippen molar-refractivity contribution >= 4 is 23.4 Å². The maximum Gasteiger partial charge on any atom is 0.312 e. The number of aromatic nitrogens is 2. The summed E-state index contributed by atoms with van der Waals surface area (Å²) >= 11 is 1.22. The molecule has 30 heavy (non-hydrogen) atoms. The Labute approximate surface area is 181 Å². The summed E-state index contributed by atoms with van der Waals surface area (Å²) in [5.41, 5.74) is 0.281. The monoisotopic (exact) mass is 431 g/mol. The Morgan fingerprint density at radius 3 is 2.60 bits per heavy atom. The van der Waals surface area contributed by atoms with Gasteiger partial charge in [-0.05, 0) is 46.1 Å². The highest BCUT2D eigenvalue weighted by Gasteiger charge is 2.29. The van der Waals surface area contributed by atoms with Crippen molar-refractivity contribution in [3.63, 3.8) is 0 Å². The fraction of sp³-hybridized carbons (Fsp3) is 0.545. The number of nitro benzene ring substituents is 1.